The Kier molecular flexibility index (Phi) is 4.25. The molecule has 0 radical (unpaired) electrons. The highest BCUT2D eigenvalue weighted by Crippen LogP contribution is 2.20. The van der Waals surface area contributed by atoms with Crippen LogP contribution in [0.2, 0.25) is 0 Å². The van der Waals surface area contributed by atoms with Crippen LogP contribution in [0.4, 0.5) is 13.2 Å². The van der Waals surface area contributed by atoms with Crippen molar-refractivity contribution in [3.8, 4) is 5.75 Å². The second-order valence-electron chi connectivity index (χ2n) is 2.60. The summed E-state index contributed by atoms with van der Waals surface area (Å²) in [4.78, 5) is 0. The first-order chi connectivity index (χ1) is 6.63. The Morgan fingerprint density at radius 3 is 2.57 bits per heavy atom. The van der Waals surface area contributed by atoms with Gasteiger partial charge in [0.2, 0.25) is 0 Å². The van der Waals surface area contributed by atoms with E-state index < -0.39 is 18.8 Å². The molecule has 0 heterocycles. The number of halogens is 4. The zero-order chi connectivity index (χ0) is 10.6. The maximum Gasteiger partial charge on any atom is 0.272 e. The fraction of sp³-hybridized carbons (Fsp3) is 0.333. The summed E-state index contributed by atoms with van der Waals surface area (Å²) >= 11 is 3.15. The molecule has 0 saturated heterocycles. The zero-order valence-corrected chi connectivity index (χ0v) is 8.73. The summed E-state index contributed by atoms with van der Waals surface area (Å²) in [6, 6.07) is 4.20. The highest BCUT2D eigenvalue weighted by atomic mass is 79.9. The molecule has 0 fully saturated rings. The van der Waals surface area contributed by atoms with Crippen molar-refractivity contribution in [2.45, 2.75) is 11.8 Å². The Bertz CT molecular complexity index is 304. The second-order valence-corrected chi connectivity index (χ2v) is 3.16. The molecule has 0 aliphatic carbocycles. The van der Waals surface area contributed by atoms with E-state index in [0.717, 1.165) is 5.56 Å². The lowest BCUT2D eigenvalue weighted by Crippen LogP contribution is -2.08. The Hall–Kier alpha value is -0.710. The van der Waals surface area contributed by atoms with E-state index in [0.29, 0.717) is 5.33 Å². The summed E-state index contributed by atoms with van der Waals surface area (Å²) in [6.07, 6.45) is -2.59. The third-order valence-electron chi connectivity index (χ3n) is 1.52. The van der Waals surface area contributed by atoms with E-state index in [2.05, 4.69) is 20.7 Å². The second kappa shape index (κ2) is 5.24. The van der Waals surface area contributed by atoms with Gasteiger partial charge in [0.05, 0.1) is 0 Å². The van der Waals surface area contributed by atoms with Gasteiger partial charge in [0.1, 0.15) is 6.61 Å². The van der Waals surface area contributed by atoms with E-state index >= 15 is 0 Å². The van der Waals surface area contributed by atoms with Gasteiger partial charge in [-0.25, -0.2) is 13.2 Å². The van der Waals surface area contributed by atoms with Gasteiger partial charge in [-0.15, -0.1) is 0 Å². The van der Waals surface area contributed by atoms with Gasteiger partial charge < -0.3 is 4.74 Å². The molecule has 1 rings (SSSR count). The fourth-order valence-electron chi connectivity index (χ4n) is 0.897. The molecule has 1 aromatic carbocycles. The lowest BCUT2D eigenvalue weighted by Gasteiger charge is -2.06. The molecule has 0 unspecified atom stereocenters. The number of hydrogen-bond acceptors (Lipinski definition) is 1. The predicted octanol–water partition coefficient (Wildman–Crippen LogP) is 3.36. The predicted molar refractivity (Wildman–Crippen MR) is 50.5 cm³/mol. The molecule has 0 aliphatic heterocycles. The highest BCUT2D eigenvalue weighted by molar-refractivity contribution is 9.08. The molecule has 14 heavy (non-hydrogen) atoms. The molecule has 0 aliphatic rings. The first-order valence-electron chi connectivity index (χ1n) is 3.89. The Morgan fingerprint density at radius 2 is 2.07 bits per heavy atom. The number of hydrogen-bond donors (Lipinski definition) is 0. The standard InChI is InChI=1S/C9H8BrF3O/c10-4-6-1-2-8(7(11)3-6)14-5-9(12)13/h1-3,9H,4-5H2. The summed E-state index contributed by atoms with van der Waals surface area (Å²) in [7, 11) is 0. The van der Waals surface area contributed by atoms with Crippen LogP contribution >= 0.6 is 15.9 Å². The van der Waals surface area contributed by atoms with Crippen LogP contribution < -0.4 is 4.74 Å². The molecule has 0 spiro atoms. The van der Waals surface area contributed by atoms with Gasteiger partial charge in [-0.2, -0.15) is 0 Å². The van der Waals surface area contributed by atoms with Gasteiger partial charge in [-0.1, -0.05) is 22.0 Å². The smallest absolute Gasteiger partial charge is 0.272 e. The fourth-order valence-corrected chi connectivity index (χ4v) is 1.25. The number of alkyl halides is 3. The lowest BCUT2D eigenvalue weighted by atomic mass is 10.2. The van der Waals surface area contributed by atoms with Crippen molar-refractivity contribution in [2.75, 3.05) is 6.61 Å². The minimum absolute atomic E-state index is 0.144. The molecular formula is C9H8BrF3O. The molecule has 1 nitrogen and oxygen atoms in total. The van der Waals surface area contributed by atoms with Crippen LogP contribution in [0, 0.1) is 5.82 Å². The van der Waals surface area contributed by atoms with Crippen molar-refractivity contribution < 1.29 is 17.9 Å². The van der Waals surface area contributed by atoms with E-state index in [-0.39, 0.29) is 5.75 Å². The van der Waals surface area contributed by atoms with Crippen LogP contribution in [-0.2, 0) is 5.33 Å². The number of benzene rings is 1. The Balaban J connectivity index is 2.69. The van der Waals surface area contributed by atoms with Crippen LogP contribution in [0.15, 0.2) is 18.2 Å². The molecule has 0 atom stereocenters. The molecule has 1 aromatic rings. The molecule has 0 aromatic heterocycles. The summed E-state index contributed by atoms with van der Waals surface area (Å²) in [5.74, 6) is -0.766. The number of ether oxygens (including phenoxy) is 1. The van der Waals surface area contributed by atoms with Crippen molar-refractivity contribution in [2.24, 2.45) is 0 Å². The third-order valence-corrected chi connectivity index (χ3v) is 2.16. The average molecular weight is 269 g/mol. The monoisotopic (exact) mass is 268 g/mol. The van der Waals surface area contributed by atoms with Gasteiger partial charge in [-0.3, -0.25) is 0 Å². The van der Waals surface area contributed by atoms with Crippen LogP contribution in [0.3, 0.4) is 0 Å². The molecule has 78 valence electrons. The summed E-state index contributed by atoms with van der Waals surface area (Å²) in [5, 5.41) is 0.513. The van der Waals surface area contributed by atoms with Gasteiger partial charge in [0, 0.05) is 5.33 Å². The van der Waals surface area contributed by atoms with Crippen LogP contribution in [0.25, 0.3) is 0 Å². The minimum atomic E-state index is -2.59. The molecule has 5 heteroatoms. The molecular weight excluding hydrogens is 261 g/mol. The molecule has 0 N–H and O–H groups in total. The average Bonchev–Trinajstić information content (AvgIpc) is 2.15. The van der Waals surface area contributed by atoms with E-state index in [4.69, 9.17) is 0 Å². The van der Waals surface area contributed by atoms with Crippen molar-refractivity contribution >= 4 is 15.9 Å². The van der Waals surface area contributed by atoms with E-state index in [9.17, 15) is 13.2 Å². The Labute approximate surface area is 88.0 Å². The number of rotatable bonds is 4. The highest BCUT2D eigenvalue weighted by Gasteiger charge is 2.08. The van der Waals surface area contributed by atoms with Crippen molar-refractivity contribution in [1.29, 1.82) is 0 Å². The lowest BCUT2D eigenvalue weighted by molar-refractivity contribution is 0.0799. The van der Waals surface area contributed by atoms with Crippen molar-refractivity contribution in [3.05, 3.63) is 29.6 Å². The van der Waals surface area contributed by atoms with E-state index in [1.807, 2.05) is 0 Å². The first kappa shape index (κ1) is 11.4. The van der Waals surface area contributed by atoms with Gasteiger partial charge in [-0.05, 0) is 17.7 Å². The normalized spacial score (nSPS) is 10.6. The van der Waals surface area contributed by atoms with Crippen LogP contribution in [0.1, 0.15) is 5.56 Å². The maximum absolute atomic E-state index is 13.1. The largest absolute Gasteiger partial charge is 0.485 e. The molecule has 0 bridgehead atoms. The SMILES string of the molecule is Fc1cc(CBr)ccc1OCC(F)F. The maximum atomic E-state index is 13.1. The van der Waals surface area contributed by atoms with Gasteiger partial charge in [0.15, 0.2) is 11.6 Å². The third kappa shape index (κ3) is 3.21. The summed E-state index contributed by atoms with van der Waals surface area (Å²) in [6.45, 7) is -0.787. The zero-order valence-electron chi connectivity index (χ0n) is 7.14. The summed E-state index contributed by atoms with van der Waals surface area (Å²) < 4.78 is 41.1. The van der Waals surface area contributed by atoms with Gasteiger partial charge >= 0.3 is 0 Å². The van der Waals surface area contributed by atoms with Crippen molar-refractivity contribution in [1.82, 2.24) is 0 Å². The first-order valence-corrected chi connectivity index (χ1v) is 5.01. The van der Waals surface area contributed by atoms with Crippen LogP contribution in [0.5, 0.6) is 5.75 Å². The quantitative estimate of drug-likeness (QED) is 0.761. The van der Waals surface area contributed by atoms with E-state index in [1.54, 1.807) is 6.07 Å². The van der Waals surface area contributed by atoms with Crippen LogP contribution in [-0.4, -0.2) is 13.0 Å². The van der Waals surface area contributed by atoms with E-state index in [1.165, 1.54) is 12.1 Å². The summed E-state index contributed by atoms with van der Waals surface area (Å²) in [5.41, 5.74) is 0.729. The minimum Gasteiger partial charge on any atom is -0.485 e. The molecule has 0 amide bonds. The van der Waals surface area contributed by atoms with Gasteiger partial charge in [0.25, 0.3) is 6.43 Å². The molecule has 0 saturated carbocycles. The topological polar surface area (TPSA) is 9.23 Å². The van der Waals surface area contributed by atoms with Crippen molar-refractivity contribution in [3.63, 3.8) is 0 Å². The Morgan fingerprint density at radius 1 is 1.36 bits per heavy atom.